The number of aromatic nitrogens is 1. The lowest BCUT2D eigenvalue weighted by Crippen LogP contribution is -2.28. The Kier molecular flexibility index (Phi) is 6.91. The number of benzene rings is 3. The molecule has 1 fully saturated rings. The second kappa shape index (κ2) is 10.6. The van der Waals surface area contributed by atoms with Crippen LogP contribution < -0.4 is 9.47 Å². The quantitative estimate of drug-likeness (QED) is 0.283. The van der Waals surface area contributed by atoms with Crippen LogP contribution in [0.4, 0.5) is 5.69 Å². The molecule has 0 bridgehead atoms. The fourth-order valence-corrected chi connectivity index (χ4v) is 4.82. The zero-order chi connectivity index (χ0) is 24.9. The van der Waals surface area contributed by atoms with Crippen LogP contribution >= 0.6 is 11.8 Å². The van der Waals surface area contributed by atoms with Crippen LogP contribution in [0.5, 0.6) is 11.5 Å². The highest BCUT2D eigenvalue weighted by Gasteiger charge is 2.33. The van der Waals surface area contributed by atoms with Crippen molar-refractivity contribution in [1.29, 1.82) is 0 Å². The molecular weight excluding hydrogens is 470 g/mol. The highest BCUT2D eigenvalue weighted by Crippen LogP contribution is 2.35. The smallest absolute Gasteiger partial charge is 0.267 e. The summed E-state index contributed by atoms with van der Waals surface area (Å²) in [6.07, 6.45) is 5.90. The van der Waals surface area contributed by atoms with E-state index in [-0.39, 0.29) is 5.91 Å². The maximum absolute atomic E-state index is 13.5. The van der Waals surface area contributed by atoms with Crippen molar-refractivity contribution in [2.45, 2.75) is 6.54 Å². The van der Waals surface area contributed by atoms with Gasteiger partial charge in [-0.2, -0.15) is 0 Å². The summed E-state index contributed by atoms with van der Waals surface area (Å²) >= 11 is 1.39. The minimum atomic E-state index is -0.0669. The van der Waals surface area contributed by atoms with Gasteiger partial charge in [0.15, 0.2) is 5.17 Å². The number of carbonyl (C=O) groups excluding carboxylic acids is 1. The van der Waals surface area contributed by atoms with E-state index in [1.165, 1.54) is 11.8 Å². The summed E-state index contributed by atoms with van der Waals surface area (Å²) in [7, 11) is 3.29. The molecular formula is C29H25N3O3S. The van der Waals surface area contributed by atoms with Crippen LogP contribution in [0.2, 0.25) is 0 Å². The van der Waals surface area contributed by atoms with Gasteiger partial charge in [-0.1, -0.05) is 30.3 Å². The molecule has 0 spiro atoms. The highest BCUT2D eigenvalue weighted by atomic mass is 32.2. The number of hydrogen-bond acceptors (Lipinski definition) is 5. The van der Waals surface area contributed by atoms with Crippen molar-refractivity contribution >= 4 is 34.6 Å². The monoisotopic (exact) mass is 495 g/mol. The number of para-hydroxylation sites is 1. The molecule has 1 amide bonds. The molecule has 1 aliphatic rings. The van der Waals surface area contributed by atoms with Crippen molar-refractivity contribution < 1.29 is 14.3 Å². The first kappa shape index (κ1) is 23.5. The van der Waals surface area contributed by atoms with E-state index in [0.717, 1.165) is 34.0 Å². The zero-order valence-electron chi connectivity index (χ0n) is 20.0. The summed E-state index contributed by atoms with van der Waals surface area (Å²) in [5.74, 6) is 1.52. The van der Waals surface area contributed by atoms with E-state index in [2.05, 4.69) is 0 Å². The summed E-state index contributed by atoms with van der Waals surface area (Å²) in [6, 6.07) is 27.2. The first-order chi connectivity index (χ1) is 17.6. The van der Waals surface area contributed by atoms with Gasteiger partial charge in [0.1, 0.15) is 11.5 Å². The molecule has 0 aliphatic carbocycles. The predicted molar refractivity (Wildman–Crippen MR) is 145 cm³/mol. The molecule has 0 unspecified atom stereocenters. The normalized spacial score (nSPS) is 15.6. The number of thioether (sulfide) groups is 1. The SMILES string of the molecule is COc1ccc(CN2C(=O)/C(=C\c3ccn(-c4ccc(OC)cc4)c3)SC2=Nc2ccccc2)cc1. The van der Waals surface area contributed by atoms with Gasteiger partial charge in [-0.25, -0.2) is 4.99 Å². The van der Waals surface area contributed by atoms with Gasteiger partial charge in [-0.05, 0) is 83.6 Å². The van der Waals surface area contributed by atoms with Gasteiger partial charge in [-0.3, -0.25) is 9.69 Å². The van der Waals surface area contributed by atoms with E-state index < -0.39 is 0 Å². The molecule has 0 saturated carbocycles. The maximum atomic E-state index is 13.5. The lowest BCUT2D eigenvalue weighted by Gasteiger charge is -2.16. The molecule has 0 atom stereocenters. The molecule has 1 aliphatic heterocycles. The molecule has 5 rings (SSSR count). The second-order valence-electron chi connectivity index (χ2n) is 8.13. The summed E-state index contributed by atoms with van der Waals surface area (Å²) in [5, 5.41) is 0.655. The number of amidine groups is 1. The number of carbonyl (C=O) groups is 1. The highest BCUT2D eigenvalue weighted by molar-refractivity contribution is 8.18. The van der Waals surface area contributed by atoms with Crippen LogP contribution in [0.3, 0.4) is 0 Å². The average Bonchev–Trinajstić information content (AvgIpc) is 3.50. The van der Waals surface area contributed by atoms with Crippen LogP contribution in [0.15, 0.2) is 107 Å². The Labute approximate surface area is 214 Å². The first-order valence-corrected chi connectivity index (χ1v) is 12.2. The Morgan fingerprint density at radius 1 is 0.861 bits per heavy atom. The molecule has 0 radical (unpaired) electrons. The fraction of sp³-hybridized carbons (Fsp3) is 0.103. The lowest BCUT2D eigenvalue weighted by molar-refractivity contribution is -0.122. The van der Waals surface area contributed by atoms with Gasteiger partial charge in [0.05, 0.1) is 31.4 Å². The molecule has 1 saturated heterocycles. The number of rotatable bonds is 7. The number of aliphatic imine (C=N–C) groups is 1. The van der Waals surface area contributed by atoms with Crippen LogP contribution in [0.1, 0.15) is 11.1 Å². The van der Waals surface area contributed by atoms with Gasteiger partial charge < -0.3 is 14.0 Å². The Morgan fingerprint density at radius 3 is 2.19 bits per heavy atom. The standard InChI is InChI=1S/C29H25N3O3S/c1-34-25-12-8-21(9-13-25)20-32-28(33)27(36-29(32)30-23-6-4-3-5-7-23)18-22-16-17-31(19-22)24-10-14-26(35-2)15-11-24/h3-19H,20H2,1-2H3/b27-18+,30-29?. The van der Waals surface area contributed by atoms with E-state index in [0.29, 0.717) is 16.6 Å². The van der Waals surface area contributed by atoms with Crippen molar-refractivity contribution in [3.8, 4) is 17.2 Å². The zero-order valence-corrected chi connectivity index (χ0v) is 20.8. The average molecular weight is 496 g/mol. The van der Waals surface area contributed by atoms with Gasteiger partial charge >= 0.3 is 0 Å². The lowest BCUT2D eigenvalue weighted by atomic mass is 10.2. The summed E-state index contributed by atoms with van der Waals surface area (Å²) in [5.41, 5.74) is 3.75. The summed E-state index contributed by atoms with van der Waals surface area (Å²) in [4.78, 5) is 20.6. The molecule has 7 heteroatoms. The van der Waals surface area contributed by atoms with Crippen LogP contribution in [0, 0.1) is 0 Å². The van der Waals surface area contributed by atoms with E-state index in [1.54, 1.807) is 19.1 Å². The Balaban J connectivity index is 1.43. The Morgan fingerprint density at radius 2 is 1.53 bits per heavy atom. The van der Waals surface area contributed by atoms with Gasteiger partial charge in [0.2, 0.25) is 0 Å². The van der Waals surface area contributed by atoms with Crippen molar-refractivity contribution in [2.24, 2.45) is 4.99 Å². The molecule has 0 N–H and O–H groups in total. The number of ether oxygens (including phenoxy) is 2. The molecule has 6 nitrogen and oxygen atoms in total. The number of hydrogen-bond donors (Lipinski definition) is 0. The van der Waals surface area contributed by atoms with E-state index in [1.807, 2.05) is 108 Å². The fourth-order valence-electron chi connectivity index (χ4n) is 3.82. The minimum Gasteiger partial charge on any atom is -0.497 e. The summed E-state index contributed by atoms with van der Waals surface area (Å²) < 4.78 is 12.5. The molecule has 3 aromatic carbocycles. The number of methoxy groups -OCH3 is 2. The maximum Gasteiger partial charge on any atom is 0.267 e. The van der Waals surface area contributed by atoms with Crippen molar-refractivity contribution in [1.82, 2.24) is 9.47 Å². The molecule has 180 valence electrons. The van der Waals surface area contributed by atoms with Gasteiger partial charge in [0, 0.05) is 18.1 Å². The van der Waals surface area contributed by atoms with Crippen LogP contribution in [-0.2, 0) is 11.3 Å². The van der Waals surface area contributed by atoms with Crippen LogP contribution in [0.25, 0.3) is 11.8 Å². The molecule has 36 heavy (non-hydrogen) atoms. The third kappa shape index (κ3) is 5.21. The van der Waals surface area contributed by atoms with Gasteiger partial charge in [-0.15, -0.1) is 0 Å². The van der Waals surface area contributed by atoms with Crippen molar-refractivity contribution in [3.63, 3.8) is 0 Å². The Bertz CT molecular complexity index is 1410. The summed E-state index contributed by atoms with van der Waals surface area (Å²) in [6.45, 7) is 0.422. The Hall–Kier alpha value is -4.23. The third-order valence-electron chi connectivity index (χ3n) is 5.75. The topological polar surface area (TPSA) is 56.1 Å². The van der Waals surface area contributed by atoms with Gasteiger partial charge in [0.25, 0.3) is 5.91 Å². The second-order valence-corrected chi connectivity index (χ2v) is 9.14. The largest absolute Gasteiger partial charge is 0.497 e. The minimum absolute atomic E-state index is 0.0669. The van der Waals surface area contributed by atoms with E-state index in [9.17, 15) is 4.79 Å². The van der Waals surface area contributed by atoms with Crippen molar-refractivity contribution in [2.75, 3.05) is 14.2 Å². The molecule has 1 aromatic heterocycles. The number of amides is 1. The van der Waals surface area contributed by atoms with E-state index >= 15 is 0 Å². The first-order valence-electron chi connectivity index (χ1n) is 11.4. The predicted octanol–water partition coefficient (Wildman–Crippen LogP) is 6.30. The van der Waals surface area contributed by atoms with Crippen LogP contribution in [-0.4, -0.2) is 34.8 Å². The van der Waals surface area contributed by atoms with E-state index in [4.69, 9.17) is 14.5 Å². The molecule has 2 heterocycles. The van der Waals surface area contributed by atoms with Crippen molar-refractivity contribution in [3.05, 3.63) is 113 Å². The number of nitrogens with zero attached hydrogens (tertiary/aromatic N) is 3. The molecule has 4 aromatic rings. The third-order valence-corrected chi connectivity index (χ3v) is 6.76.